The lowest BCUT2D eigenvalue weighted by Crippen LogP contribution is -2.38. The Morgan fingerprint density at radius 1 is 1.30 bits per heavy atom. The Balaban J connectivity index is 1.39. The molecule has 0 N–H and O–H groups in total. The molecule has 3 aromatic rings. The van der Waals surface area contributed by atoms with Crippen LogP contribution in [0.2, 0.25) is 0 Å². The fourth-order valence-corrected chi connectivity index (χ4v) is 3.45. The minimum Gasteiger partial charge on any atom is -0.468 e. The number of furan rings is 1. The van der Waals surface area contributed by atoms with Gasteiger partial charge in [-0.05, 0) is 25.0 Å². The van der Waals surface area contributed by atoms with Gasteiger partial charge < -0.3 is 18.6 Å². The second-order valence-electron chi connectivity index (χ2n) is 6.63. The van der Waals surface area contributed by atoms with Gasteiger partial charge in [0.15, 0.2) is 11.6 Å². The zero-order valence-corrected chi connectivity index (χ0v) is 15.4. The smallest absolute Gasteiger partial charge is 0.289 e. The number of ether oxygens (including phenoxy) is 1. The number of likely N-dealkylation sites (tertiary alicyclic amines) is 1. The molecule has 0 atom stereocenters. The first-order valence-corrected chi connectivity index (χ1v) is 8.94. The summed E-state index contributed by atoms with van der Waals surface area (Å²) in [6, 6.07) is 5.19. The van der Waals surface area contributed by atoms with Gasteiger partial charge in [0.25, 0.3) is 11.9 Å². The van der Waals surface area contributed by atoms with Crippen LogP contribution in [-0.4, -0.2) is 55.6 Å². The topological polar surface area (TPSA) is 91.2 Å². The molecule has 142 valence electrons. The Morgan fingerprint density at radius 3 is 2.78 bits per heavy atom. The van der Waals surface area contributed by atoms with Gasteiger partial charge in [0, 0.05) is 44.5 Å². The van der Waals surface area contributed by atoms with Gasteiger partial charge in [-0.2, -0.15) is 5.10 Å². The molecule has 0 bridgehead atoms. The highest BCUT2D eigenvalue weighted by Crippen LogP contribution is 2.28. The maximum atomic E-state index is 12.6. The van der Waals surface area contributed by atoms with E-state index in [0.29, 0.717) is 31.3 Å². The first-order valence-electron chi connectivity index (χ1n) is 8.94. The minimum atomic E-state index is -0.103. The number of aromatic nitrogens is 5. The van der Waals surface area contributed by atoms with E-state index >= 15 is 0 Å². The highest BCUT2D eigenvalue weighted by molar-refractivity contribution is 5.91. The monoisotopic (exact) mass is 370 g/mol. The lowest BCUT2D eigenvalue weighted by molar-refractivity contribution is 0.0672. The maximum Gasteiger partial charge on any atom is 0.289 e. The zero-order chi connectivity index (χ0) is 18.8. The first-order chi connectivity index (χ1) is 13.2. The molecule has 0 radical (unpaired) electrons. The normalized spacial score (nSPS) is 15.3. The van der Waals surface area contributed by atoms with E-state index in [-0.39, 0.29) is 11.8 Å². The van der Waals surface area contributed by atoms with Gasteiger partial charge in [-0.1, -0.05) is 0 Å². The number of nitrogens with zero attached hydrogens (tertiary/aromatic N) is 6. The highest BCUT2D eigenvalue weighted by Gasteiger charge is 2.29. The number of hydrogen-bond donors (Lipinski definition) is 0. The molecule has 1 fully saturated rings. The molecular formula is C18H22N6O3. The number of carbonyl (C=O) groups excluding carboxylic acids is 1. The number of hydrogen-bond acceptors (Lipinski definition) is 6. The lowest BCUT2D eigenvalue weighted by Gasteiger charge is -2.30. The van der Waals surface area contributed by atoms with Crippen molar-refractivity contribution in [3.63, 3.8) is 0 Å². The Labute approximate surface area is 156 Å². The molecule has 0 aromatic carbocycles. The summed E-state index contributed by atoms with van der Waals surface area (Å²) in [5.74, 6) is 2.67. The van der Waals surface area contributed by atoms with Crippen LogP contribution in [0.5, 0.6) is 5.95 Å². The summed E-state index contributed by atoms with van der Waals surface area (Å²) in [6.07, 6.45) is 5.34. The van der Waals surface area contributed by atoms with Crippen molar-refractivity contribution in [2.45, 2.75) is 25.3 Å². The van der Waals surface area contributed by atoms with Crippen molar-refractivity contribution >= 4 is 5.91 Å². The molecule has 9 nitrogen and oxygen atoms in total. The molecular weight excluding hydrogens is 348 g/mol. The van der Waals surface area contributed by atoms with Crippen molar-refractivity contribution in [1.82, 2.24) is 29.4 Å². The minimum absolute atomic E-state index is 0.103. The second kappa shape index (κ2) is 7.26. The highest BCUT2D eigenvalue weighted by atomic mass is 16.6. The maximum absolute atomic E-state index is 12.6. The third-order valence-corrected chi connectivity index (χ3v) is 5.00. The molecule has 9 heteroatoms. The molecule has 1 saturated heterocycles. The average molecular weight is 370 g/mol. The summed E-state index contributed by atoms with van der Waals surface area (Å²) in [5.41, 5.74) is 0. The summed E-state index contributed by atoms with van der Waals surface area (Å²) >= 11 is 0. The summed E-state index contributed by atoms with van der Waals surface area (Å²) in [6.45, 7) is 1.91. The third kappa shape index (κ3) is 3.44. The molecule has 1 aliphatic rings. The summed E-state index contributed by atoms with van der Waals surface area (Å²) in [4.78, 5) is 14.4. The molecule has 0 saturated carbocycles. The van der Waals surface area contributed by atoms with Gasteiger partial charge in [0.05, 0.1) is 7.11 Å². The number of rotatable bonds is 5. The van der Waals surface area contributed by atoms with Gasteiger partial charge in [-0.3, -0.25) is 9.48 Å². The molecule has 27 heavy (non-hydrogen) atoms. The second-order valence-corrected chi connectivity index (χ2v) is 6.63. The molecule has 4 rings (SSSR count). The number of piperidine rings is 1. The van der Waals surface area contributed by atoms with Crippen molar-refractivity contribution in [3.05, 3.63) is 48.0 Å². The van der Waals surface area contributed by atoms with Crippen molar-refractivity contribution in [3.8, 4) is 5.95 Å². The third-order valence-electron chi connectivity index (χ3n) is 5.00. The average Bonchev–Trinajstić information content (AvgIpc) is 3.44. The predicted octanol–water partition coefficient (Wildman–Crippen LogP) is 1.68. The van der Waals surface area contributed by atoms with Crippen molar-refractivity contribution < 1.29 is 13.9 Å². The quantitative estimate of drug-likeness (QED) is 0.679. The van der Waals surface area contributed by atoms with Crippen LogP contribution in [0.1, 0.15) is 41.0 Å². The van der Waals surface area contributed by atoms with Crippen LogP contribution in [-0.2, 0) is 13.6 Å². The van der Waals surface area contributed by atoms with Gasteiger partial charge in [-0.25, -0.2) is 0 Å². The van der Waals surface area contributed by atoms with Crippen LogP contribution in [0, 0.1) is 0 Å². The molecule has 4 heterocycles. The lowest BCUT2D eigenvalue weighted by atomic mass is 9.95. The van der Waals surface area contributed by atoms with E-state index < -0.39 is 0 Å². The molecule has 1 aliphatic heterocycles. The van der Waals surface area contributed by atoms with Gasteiger partial charge in [0.2, 0.25) is 0 Å². The summed E-state index contributed by atoms with van der Waals surface area (Å²) < 4.78 is 14.3. The predicted molar refractivity (Wildman–Crippen MR) is 95.5 cm³/mol. The van der Waals surface area contributed by atoms with Crippen LogP contribution in [0.3, 0.4) is 0 Å². The van der Waals surface area contributed by atoms with E-state index in [9.17, 15) is 4.79 Å². The van der Waals surface area contributed by atoms with E-state index in [1.165, 1.54) is 7.11 Å². The van der Waals surface area contributed by atoms with E-state index in [1.54, 1.807) is 18.3 Å². The van der Waals surface area contributed by atoms with Gasteiger partial charge in [0.1, 0.15) is 12.4 Å². The van der Waals surface area contributed by atoms with E-state index in [4.69, 9.17) is 9.15 Å². The first kappa shape index (κ1) is 17.3. The van der Waals surface area contributed by atoms with E-state index in [0.717, 1.165) is 24.5 Å². The standard InChI is InChI=1S/C18H22N6O3/c1-22-15(12-24-9-3-8-19-24)20-21-17(22)13-6-10-23(11-7-13)18(25)14-4-5-16(26-2)27-14/h3-5,8-9,13H,6-7,10-12H2,1-2H3. The largest absolute Gasteiger partial charge is 0.468 e. The van der Waals surface area contributed by atoms with Gasteiger partial charge in [-0.15, -0.1) is 10.2 Å². The summed E-state index contributed by atoms with van der Waals surface area (Å²) in [7, 11) is 3.50. The summed E-state index contributed by atoms with van der Waals surface area (Å²) in [5, 5.41) is 12.9. The SMILES string of the molecule is COc1ccc(C(=O)N2CCC(c3nnc(Cn4cccn4)n3C)CC2)o1. The Hall–Kier alpha value is -3.10. The zero-order valence-electron chi connectivity index (χ0n) is 15.4. The molecule has 0 aliphatic carbocycles. The van der Waals surface area contributed by atoms with Crippen LogP contribution < -0.4 is 4.74 Å². The number of amides is 1. The Bertz CT molecular complexity index is 906. The van der Waals surface area contributed by atoms with Crippen molar-refractivity contribution in [1.29, 1.82) is 0 Å². The number of carbonyl (C=O) groups is 1. The van der Waals surface area contributed by atoms with Crippen molar-refractivity contribution in [2.24, 2.45) is 7.05 Å². The van der Waals surface area contributed by atoms with Crippen LogP contribution in [0.4, 0.5) is 0 Å². The fourth-order valence-electron chi connectivity index (χ4n) is 3.45. The van der Waals surface area contributed by atoms with Crippen LogP contribution in [0.15, 0.2) is 35.0 Å². The van der Waals surface area contributed by atoms with E-state index in [1.807, 2.05) is 33.5 Å². The Morgan fingerprint density at radius 2 is 2.11 bits per heavy atom. The molecule has 1 amide bonds. The van der Waals surface area contributed by atoms with Gasteiger partial charge >= 0.3 is 0 Å². The molecule has 3 aromatic heterocycles. The Kier molecular flexibility index (Phi) is 4.66. The fraction of sp³-hybridized carbons (Fsp3) is 0.444. The molecule has 0 spiro atoms. The molecule has 0 unspecified atom stereocenters. The van der Waals surface area contributed by atoms with Crippen LogP contribution >= 0.6 is 0 Å². The van der Waals surface area contributed by atoms with Crippen LogP contribution in [0.25, 0.3) is 0 Å². The van der Waals surface area contributed by atoms with Crippen molar-refractivity contribution in [2.75, 3.05) is 20.2 Å². The number of methoxy groups -OCH3 is 1. The van der Waals surface area contributed by atoms with E-state index in [2.05, 4.69) is 15.3 Å².